The van der Waals surface area contributed by atoms with E-state index in [2.05, 4.69) is 6.92 Å². The largest absolute Gasteiger partial charge is 0.382 e. The molecule has 0 aromatic heterocycles. The average Bonchev–Trinajstić information content (AvgIpc) is 1.96. The first-order valence-corrected chi connectivity index (χ1v) is 3.82. The summed E-state index contributed by atoms with van der Waals surface area (Å²) in [5, 5.41) is 9.06. The van der Waals surface area contributed by atoms with Crippen molar-refractivity contribution in [2.24, 2.45) is 5.73 Å². The van der Waals surface area contributed by atoms with E-state index >= 15 is 0 Å². The number of aliphatic hydroxyl groups excluding tert-OH is 1. The van der Waals surface area contributed by atoms with Crippen LogP contribution >= 0.6 is 0 Å². The predicted molar refractivity (Wildman–Crippen MR) is 40.9 cm³/mol. The van der Waals surface area contributed by atoms with E-state index in [0.717, 1.165) is 13.0 Å². The maximum absolute atomic E-state index is 10.4. The number of nitrogens with two attached hydrogens (primary N) is 1. The standard InChI is InChI=1S/C7H14N2O2/c1-5-2-3-9(5)4-6(10)7(8)11/h5-6,10H,2-4H2,1H3,(H2,8,11). The molecule has 1 aliphatic heterocycles. The van der Waals surface area contributed by atoms with Gasteiger partial charge in [-0.1, -0.05) is 0 Å². The lowest BCUT2D eigenvalue weighted by Gasteiger charge is -2.39. The fraction of sp³-hybridized carbons (Fsp3) is 0.857. The van der Waals surface area contributed by atoms with Gasteiger partial charge >= 0.3 is 0 Å². The number of hydrogen-bond donors (Lipinski definition) is 2. The number of primary amides is 1. The summed E-state index contributed by atoms with van der Waals surface area (Å²) in [6, 6.07) is 0.490. The minimum Gasteiger partial charge on any atom is -0.382 e. The van der Waals surface area contributed by atoms with Crippen LogP contribution in [0.2, 0.25) is 0 Å². The highest BCUT2D eigenvalue weighted by Gasteiger charge is 2.26. The topological polar surface area (TPSA) is 66.6 Å². The van der Waals surface area contributed by atoms with Crippen LogP contribution in [-0.2, 0) is 4.79 Å². The molecule has 4 nitrogen and oxygen atoms in total. The van der Waals surface area contributed by atoms with Crippen molar-refractivity contribution in [2.45, 2.75) is 25.5 Å². The molecule has 2 unspecified atom stereocenters. The quantitative estimate of drug-likeness (QED) is 0.549. The van der Waals surface area contributed by atoms with Crippen LogP contribution in [0.3, 0.4) is 0 Å². The summed E-state index contributed by atoms with van der Waals surface area (Å²) in [6.45, 7) is 3.42. The van der Waals surface area contributed by atoms with Gasteiger partial charge in [-0.2, -0.15) is 0 Å². The second kappa shape index (κ2) is 3.19. The third-order valence-corrected chi connectivity index (χ3v) is 2.19. The molecule has 1 rings (SSSR count). The van der Waals surface area contributed by atoms with Gasteiger partial charge in [0, 0.05) is 19.1 Å². The molecule has 0 aromatic rings. The third-order valence-electron chi connectivity index (χ3n) is 2.19. The van der Waals surface area contributed by atoms with Gasteiger partial charge in [0.2, 0.25) is 5.91 Å². The van der Waals surface area contributed by atoms with Gasteiger partial charge in [0.25, 0.3) is 0 Å². The van der Waals surface area contributed by atoms with Crippen LogP contribution in [0.25, 0.3) is 0 Å². The first-order chi connectivity index (χ1) is 5.11. The van der Waals surface area contributed by atoms with E-state index in [4.69, 9.17) is 10.8 Å². The van der Waals surface area contributed by atoms with Crippen LogP contribution in [0.1, 0.15) is 13.3 Å². The Kier molecular flexibility index (Phi) is 2.46. The summed E-state index contributed by atoms with van der Waals surface area (Å²) >= 11 is 0. The van der Waals surface area contributed by atoms with E-state index in [1.807, 2.05) is 4.90 Å². The number of β-amino-alcohol motifs (C(OH)–C–C–N with tert-alkyl or cyclic N) is 1. The molecule has 1 heterocycles. The van der Waals surface area contributed by atoms with Crippen LogP contribution in [0.4, 0.5) is 0 Å². The third kappa shape index (κ3) is 1.91. The Balaban J connectivity index is 2.25. The predicted octanol–water partition coefficient (Wildman–Crippen LogP) is -1.07. The summed E-state index contributed by atoms with van der Waals surface area (Å²) in [4.78, 5) is 12.5. The molecule has 1 amide bonds. The van der Waals surface area contributed by atoms with E-state index in [-0.39, 0.29) is 0 Å². The monoisotopic (exact) mass is 158 g/mol. The molecule has 0 bridgehead atoms. The normalized spacial score (nSPS) is 27.6. The van der Waals surface area contributed by atoms with Crippen LogP contribution in [-0.4, -0.2) is 41.1 Å². The molecule has 0 aromatic carbocycles. The molecule has 0 aliphatic carbocycles. The number of aliphatic hydroxyl groups is 1. The number of carbonyl (C=O) groups excluding carboxylic acids is 1. The zero-order chi connectivity index (χ0) is 8.43. The molecule has 1 aliphatic rings. The molecule has 11 heavy (non-hydrogen) atoms. The SMILES string of the molecule is CC1CCN1CC(O)C(N)=O. The van der Waals surface area contributed by atoms with Gasteiger partial charge in [-0.15, -0.1) is 0 Å². The highest BCUT2D eigenvalue weighted by Crippen LogP contribution is 2.15. The summed E-state index contributed by atoms with van der Waals surface area (Å²) < 4.78 is 0. The molecule has 1 fully saturated rings. The van der Waals surface area contributed by atoms with Crippen LogP contribution < -0.4 is 5.73 Å². The zero-order valence-corrected chi connectivity index (χ0v) is 6.66. The number of amides is 1. The average molecular weight is 158 g/mol. The lowest BCUT2D eigenvalue weighted by atomic mass is 10.0. The summed E-state index contributed by atoms with van der Waals surface area (Å²) in [6.07, 6.45) is 0.142. The van der Waals surface area contributed by atoms with Gasteiger partial charge in [-0.05, 0) is 13.3 Å². The minimum atomic E-state index is -1.00. The molecule has 0 radical (unpaired) electrons. The molecule has 3 N–H and O–H groups in total. The van der Waals surface area contributed by atoms with Gasteiger partial charge in [0.1, 0.15) is 6.10 Å². The van der Waals surface area contributed by atoms with Crippen LogP contribution in [0.15, 0.2) is 0 Å². The number of carbonyl (C=O) groups is 1. The van der Waals surface area contributed by atoms with Gasteiger partial charge < -0.3 is 10.8 Å². The fourth-order valence-corrected chi connectivity index (χ4v) is 1.15. The lowest BCUT2D eigenvalue weighted by molar-refractivity contribution is -0.128. The Bertz CT molecular complexity index is 161. The summed E-state index contributed by atoms with van der Waals surface area (Å²) in [5.41, 5.74) is 4.89. The Morgan fingerprint density at radius 3 is 2.82 bits per heavy atom. The van der Waals surface area contributed by atoms with Crippen LogP contribution in [0.5, 0.6) is 0 Å². The minimum absolute atomic E-state index is 0.385. The first kappa shape index (κ1) is 8.49. The highest BCUT2D eigenvalue weighted by atomic mass is 16.3. The van der Waals surface area contributed by atoms with Gasteiger partial charge in [-0.3, -0.25) is 9.69 Å². The van der Waals surface area contributed by atoms with Gasteiger partial charge in [-0.25, -0.2) is 0 Å². The van der Waals surface area contributed by atoms with Crippen molar-refractivity contribution in [2.75, 3.05) is 13.1 Å². The molecule has 1 saturated heterocycles. The fourth-order valence-electron chi connectivity index (χ4n) is 1.15. The van der Waals surface area contributed by atoms with Crippen molar-refractivity contribution >= 4 is 5.91 Å². The molecule has 2 atom stereocenters. The molecule has 4 heteroatoms. The Hall–Kier alpha value is -0.610. The molecular weight excluding hydrogens is 144 g/mol. The Labute approximate surface area is 66.0 Å². The van der Waals surface area contributed by atoms with E-state index in [1.165, 1.54) is 0 Å². The first-order valence-electron chi connectivity index (χ1n) is 3.82. The maximum atomic E-state index is 10.4. The van der Waals surface area contributed by atoms with Crippen molar-refractivity contribution in [3.8, 4) is 0 Å². The van der Waals surface area contributed by atoms with Crippen LogP contribution in [0, 0.1) is 0 Å². The number of nitrogens with zero attached hydrogens (tertiary/aromatic N) is 1. The van der Waals surface area contributed by atoms with E-state index in [0.29, 0.717) is 12.6 Å². The van der Waals surface area contributed by atoms with Crippen molar-refractivity contribution in [3.05, 3.63) is 0 Å². The second-order valence-corrected chi connectivity index (χ2v) is 3.05. The Morgan fingerprint density at radius 1 is 1.91 bits per heavy atom. The zero-order valence-electron chi connectivity index (χ0n) is 6.66. The highest BCUT2D eigenvalue weighted by molar-refractivity contribution is 5.78. The molecular formula is C7H14N2O2. The van der Waals surface area contributed by atoms with Crippen molar-refractivity contribution < 1.29 is 9.90 Å². The van der Waals surface area contributed by atoms with E-state index in [1.54, 1.807) is 0 Å². The molecule has 0 saturated carbocycles. The van der Waals surface area contributed by atoms with Crippen molar-refractivity contribution in [1.82, 2.24) is 4.90 Å². The van der Waals surface area contributed by atoms with E-state index < -0.39 is 12.0 Å². The lowest BCUT2D eigenvalue weighted by Crippen LogP contribution is -2.51. The van der Waals surface area contributed by atoms with Gasteiger partial charge in [0.15, 0.2) is 0 Å². The van der Waals surface area contributed by atoms with E-state index in [9.17, 15) is 4.79 Å². The second-order valence-electron chi connectivity index (χ2n) is 3.05. The van der Waals surface area contributed by atoms with Crippen molar-refractivity contribution in [1.29, 1.82) is 0 Å². The summed E-state index contributed by atoms with van der Waals surface area (Å²) in [5.74, 6) is -0.635. The van der Waals surface area contributed by atoms with Gasteiger partial charge in [0.05, 0.1) is 0 Å². The molecule has 64 valence electrons. The number of hydrogen-bond acceptors (Lipinski definition) is 3. The number of likely N-dealkylation sites (tertiary alicyclic amines) is 1. The summed E-state index contributed by atoms with van der Waals surface area (Å²) in [7, 11) is 0. The van der Waals surface area contributed by atoms with Crippen molar-refractivity contribution in [3.63, 3.8) is 0 Å². The molecule has 0 spiro atoms. The Morgan fingerprint density at radius 2 is 2.55 bits per heavy atom. The number of rotatable bonds is 3. The maximum Gasteiger partial charge on any atom is 0.247 e. The smallest absolute Gasteiger partial charge is 0.247 e.